The second-order valence-corrected chi connectivity index (χ2v) is 5.84. The lowest BCUT2D eigenvalue weighted by atomic mass is 10.1. The fourth-order valence-electron chi connectivity index (χ4n) is 2.74. The van der Waals surface area contributed by atoms with E-state index in [1.54, 1.807) is 0 Å². The Hall–Kier alpha value is -2.81. The summed E-state index contributed by atoms with van der Waals surface area (Å²) in [4.78, 5) is 12.1. The molecule has 0 radical (unpaired) electrons. The van der Waals surface area contributed by atoms with Gasteiger partial charge in [0.05, 0.1) is 0 Å². The number of nitrogens with one attached hydrogen (secondary N) is 1. The Morgan fingerprint density at radius 1 is 0.958 bits per heavy atom. The Labute approximate surface area is 142 Å². The molecule has 0 saturated heterocycles. The Kier molecular flexibility index (Phi) is 5.12. The molecule has 1 amide bonds. The fraction of sp³-hybridized carbons (Fsp3) is 0.190. The van der Waals surface area contributed by atoms with Gasteiger partial charge >= 0.3 is 6.09 Å². The quantitative estimate of drug-likeness (QED) is 0.681. The van der Waals surface area contributed by atoms with E-state index in [2.05, 4.69) is 17.4 Å². The minimum Gasteiger partial charge on any atom is -0.409 e. The summed E-state index contributed by atoms with van der Waals surface area (Å²) in [6.45, 7) is 2.54. The van der Waals surface area contributed by atoms with Crippen LogP contribution in [-0.2, 0) is 6.42 Å². The van der Waals surface area contributed by atoms with Crippen LogP contribution < -0.4 is 10.1 Å². The molecule has 3 aromatic rings. The van der Waals surface area contributed by atoms with Crippen LogP contribution in [0, 0.1) is 6.92 Å². The van der Waals surface area contributed by atoms with Gasteiger partial charge < -0.3 is 10.1 Å². The summed E-state index contributed by atoms with van der Waals surface area (Å²) >= 11 is 0. The van der Waals surface area contributed by atoms with Crippen molar-refractivity contribution >= 4 is 16.9 Å². The van der Waals surface area contributed by atoms with Crippen molar-refractivity contribution in [1.82, 2.24) is 5.32 Å². The first-order chi connectivity index (χ1) is 11.7. The van der Waals surface area contributed by atoms with E-state index in [4.69, 9.17) is 4.74 Å². The molecule has 3 aromatic carbocycles. The number of aryl methyl sites for hydroxylation is 2. The minimum absolute atomic E-state index is 0.400. The highest BCUT2D eigenvalue weighted by molar-refractivity contribution is 5.91. The molecular formula is C21H21NO2. The molecule has 122 valence electrons. The monoisotopic (exact) mass is 319 g/mol. The molecule has 0 aliphatic carbocycles. The van der Waals surface area contributed by atoms with E-state index in [1.807, 2.05) is 61.5 Å². The second kappa shape index (κ2) is 7.64. The predicted octanol–water partition coefficient (Wildman–Crippen LogP) is 4.87. The van der Waals surface area contributed by atoms with Crippen molar-refractivity contribution < 1.29 is 9.53 Å². The molecule has 3 heteroatoms. The van der Waals surface area contributed by atoms with Crippen molar-refractivity contribution in [3.05, 3.63) is 77.9 Å². The summed E-state index contributed by atoms with van der Waals surface area (Å²) in [6.07, 6.45) is 1.42. The van der Waals surface area contributed by atoms with E-state index in [9.17, 15) is 4.79 Å². The molecule has 0 bridgehead atoms. The molecule has 0 aliphatic rings. The van der Waals surface area contributed by atoms with Crippen LogP contribution in [0.2, 0.25) is 0 Å². The Morgan fingerprint density at radius 3 is 2.54 bits per heavy atom. The second-order valence-electron chi connectivity index (χ2n) is 5.84. The molecule has 1 N–H and O–H groups in total. The number of carbonyl (C=O) groups is 1. The Balaban J connectivity index is 1.56. The summed E-state index contributed by atoms with van der Waals surface area (Å²) in [5.74, 6) is 0.633. The van der Waals surface area contributed by atoms with Crippen LogP contribution in [0.4, 0.5) is 4.79 Å². The standard InChI is InChI=1S/C21H21NO2/c1-16-13-14-18-11-5-6-12-19(18)20(16)24-21(23)22-15-7-10-17-8-3-2-4-9-17/h2-6,8-9,11-14H,7,10,15H2,1H3,(H,22,23). The van der Waals surface area contributed by atoms with Gasteiger partial charge in [-0.2, -0.15) is 0 Å². The highest BCUT2D eigenvalue weighted by atomic mass is 16.6. The summed E-state index contributed by atoms with van der Waals surface area (Å²) in [7, 11) is 0. The molecule has 3 nitrogen and oxygen atoms in total. The zero-order valence-electron chi connectivity index (χ0n) is 13.8. The van der Waals surface area contributed by atoms with Crippen LogP contribution in [0.25, 0.3) is 10.8 Å². The molecule has 0 atom stereocenters. The largest absolute Gasteiger partial charge is 0.412 e. The van der Waals surface area contributed by atoms with E-state index in [0.29, 0.717) is 12.3 Å². The first kappa shape index (κ1) is 16.1. The predicted molar refractivity (Wildman–Crippen MR) is 97.5 cm³/mol. The van der Waals surface area contributed by atoms with Gasteiger partial charge in [0.1, 0.15) is 5.75 Å². The molecule has 0 spiro atoms. The Bertz CT molecular complexity index is 828. The molecule has 0 saturated carbocycles. The summed E-state index contributed by atoms with van der Waals surface area (Å²) in [5.41, 5.74) is 2.23. The van der Waals surface area contributed by atoms with Gasteiger partial charge in [0, 0.05) is 11.9 Å². The highest BCUT2D eigenvalue weighted by Crippen LogP contribution is 2.29. The molecule has 0 aromatic heterocycles. The van der Waals surface area contributed by atoms with Crippen molar-refractivity contribution in [3.8, 4) is 5.75 Å². The van der Waals surface area contributed by atoms with Crippen LogP contribution in [-0.4, -0.2) is 12.6 Å². The number of ether oxygens (including phenoxy) is 1. The highest BCUT2D eigenvalue weighted by Gasteiger charge is 2.10. The van der Waals surface area contributed by atoms with Crippen molar-refractivity contribution in [1.29, 1.82) is 0 Å². The van der Waals surface area contributed by atoms with Gasteiger partial charge in [0.15, 0.2) is 0 Å². The average molecular weight is 319 g/mol. The average Bonchev–Trinajstić information content (AvgIpc) is 2.62. The van der Waals surface area contributed by atoms with Crippen molar-refractivity contribution in [2.24, 2.45) is 0 Å². The van der Waals surface area contributed by atoms with E-state index >= 15 is 0 Å². The van der Waals surface area contributed by atoms with Crippen molar-refractivity contribution in [2.75, 3.05) is 6.54 Å². The van der Waals surface area contributed by atoms with E-state index < -0.39 is 6.09 Å². The summed E-state index contributed by atoms with van der Waals surface area (Å²) in [5, 5.41) is 4.85. The fourth-order valence-corrected chi connectivity index (χ4v) is 2.74. The minimum atomic E-state index is -0.400. The van der Waals surface area contributed by atoms with Crippen LogP contribution >= 0.6 is 0 Å². The van der Waals surface area contributed by atoms with Gasteiger partial charge in [0.2, 0.25) is 0 Å². The SMILES string of the molecule is Cc1ccc2ccccc2c1OC(=O)NCCCc1ccccc1. The lowest BCUT2D eigenvalue weighted by molar-refractivity contribution is 0.200. The van der Waals surface area contributed by atoms with Gasteiger partial charge in [-0.3, -0.25) is 0 Å². The van der Waals surface area contributed by atoms with Gasteiger partial charge in [-0.15, -0.1) is 0 Å². The molecule has 3 rings (SSSR count). The van der Waals surface area contributed by atoms with Crippen LogP contribution in [0.15, 0.2) is 66.7 Å². The maximum atomic E-state index is 12.1. The third kappa shape index (κ3) is 3.93. The smallest absolute Gasteiger partial charge is 0.409 e. The van der Waals surface area contributed by atoms with Gasteiger partial charge in [0.25, 0.3) is 0 Å². The normalized spacial score (nSPS) is 10.5. The molecule has 0 unspecified atom stereocenters. The maximum Gasteiger partial charge on any atom is 0.412 e. The number of benzene rings is 3. The number of hydrogen-bond donors (Lipinski definition) is 1. The van der Waals surface area contributed by atoms with Gasteiger partial charge in [-0.25, -0.2) is 4.79 Å². The van der Waals surface area contributed by atoms with E-state index in [-0.39, 0.29) is 0 Å². The molecule has 0 fully saturated rings. The maximum absolute atomic E-state index is 12.1. The summed E-state index contributed by atoms with van der Waals surface area (Å²) < 4.78 is 5.56. The number of amides is 1. The van der Waals surface area contributed by atoms with Crippen molar-refractivity contribution in [2.45, 2.75) is 19.8 Å². The number of carbonyl (C=O) groups excluding carboxylic acids is 1. The number of hydrogen-bond acceptors (Lipinski definition) is 2. The topological polar surface area (TPSA) is 38.3 Å². The lowest BCUT2D eigenvalue weighted by Crippen LogP contribution is -2.28. The zero-order valence-corrected chi connectivity index (χ0v) is 13.8. The van der Waals surface area contributed by atoms with E-state index in [1.165, 1.54) is 5.56 Å². The van der Waals surface area contributed by atoms with E-state index in [0.717, 1.165) is 29.2 Å². The molecular weight excluding hydrogens is 298 g/mol. The first-order valence-corrected chi connectivity index (χ1v) is 8.22. The third-order valence-corrected chi connectivity index (χ3v) is 4.03. The van der Waals surface area contributed by atoms with Crippen LogP contribution in [0.5, 0.6) is 5.75 Å². The number of rotatable bonds is 5. The zero-order chi connectivity index (χ0) is 16.8. The lowest BCUT2D eigenvalue weighted by Gasteiger charge is -2.11. The van der Waals surface area contributed by atoms with Gasteiger partial charge in [-0.05, 0) is 36.3 Å². The molecule has 24 heavy (non-hydrogen) atoms. The van der Waals surface area contributed by atoms with Gasteiger partial charge in [-0.1, -0.05) is 66.7 Å². The summed E-state index contributed by atoms with van der Waals surface area (Å²) in [6, 6.07) is 22.2. The number of fused-ring (bicyclic) bond motifs is 1. The molecule has 0 heterocycles. The van der Waals surface area contributed by atoms with Crippen molar-refractivity contribution in [3.63, 3.8) is 0 Å². The van der Waals surface area contributed by atoms with Crippen LogP contribution in [0.3, 0.4) is 0 Å². The Morgan fingerprint density at radius 2 is 1.71 bits per heavy atom. The third-order valence-electron chi connectivity index (χ3n) is 4.03. The van der Waals surface area contributed by atoms with Crippen LogP contribution in [0.1, 0.15) is 17.5 Å². The molecule has 0 aliphatic heterocycles. The first-order valence-electron chi connectivity index (χ1n) is 8.22.